The molecule has 0 atom stereocenters. The Morgan fingerprint density at radius 1 is 1.00 bits per heavy atom. The number of hydrogen-bond donors (Lipinski definition) is 1. The van der Waals surface area contributed by atoms with E-state index in [-0.39, 0.29) is 0 Å². The Balaban J connectivity index is 1.76. The van der Waals surface area contributed by atoms with Gasteiger partial charge < -0.3 is 5.32 Å². The van der Waals surface area contributed by atoms with Gasteiger partial charge in [0.15, 0.2) is 0 Å². The molecule has 0 aliphatic rings. The van der Waals surface area contributed by atoms with Crippen LogP contribution < -0.4 is 5.32 Å². The highest BCUT2D eigenvalue weighted by Gasteiger charge is 2.13. The number of aromatic nitrogens is 2. The molecule has 0 unspecified atom stereocenters. The maximum Gasteiger partial charge on any atom is 0.139 e. The van der Waals surface area contributed by atoms with Crippen molar-refractivity contribution >= 4 is 50.0 Å². The van der Waals surface area contributed by atoms with Gasteiger partial charge in [-0.2, -0.15) is 0 Å². The second-order valence-corrected chi connectivity index (χ2v) is 7.30. The third kappa shape index (κ3) is 2.46. The van der Waals surface area contributed by atoms with Crippen molar-refractivity contribution < 1.29 is 0 Å². The second-order valence-electron chi connectivity index (χ2n) is 4.46. The Morgan fingerprint density at radius 2 is 1.90 bits per heavy atom. The van der Waals surface area contributed by atoms with Crippen LogP contribution in [0.15, 0.2) is 46.7 Å². The van der Waals surface area contributed by atoms with E-state index in [2.05, 4.69) is 55.7 Å². The van der Waals surface area contributed by atoms with Crippen LogP contribution in [0.25, 0.3) is 20.7 Å². The van der Waals surface area contributed by atoms with Crippen LogP contribution in [0.4, 0.5) is 5.82 Å². The Morgan fingerprint density at radius 3 is 2.71 bits per heavy atom. The summed E-state index contributed by atoms with van der Waals surface area (Å²) in [6.07, 6.45) is 1.63. The molecular formula is C15H11N3S3. The van der Waals surface area contributed by atoms with E-state index in [0.29, 0.717) is 0 Å². The average molecular weight is 329 g/mol. The molecule has 0 fully saturated rings. The van der Waals surface area contributed by atoms with Crippen molar-refractivity contribution in [2.24, 2.45) is 0 Å². The highest BCUT2D eigenvalue weighted by Crippen LogP contribution is 2.38. The lowest BCUT2D eigenvalue weighted by Crippen LogP contribution is -2.00. The summed E-state index contributed by atoms with van der Waals surface area (Å²) in [4.78, 5) is 12.4. The van der Waals surface area contributed by atoms with Crippen LogP contribution in [0.1, 0.15) is 4.88 Å². The zero-order valence-electron chi connectivity index (χ0n) is 10.9. The third-order valence-electron chi connectivity index (χ3n) is 3.17. The summed E-state index contributed by atoms with van der Waals surface area (Å²) < 4.78 is 0. The summed E-state index contributed by atoms with van der Waals surface area (Å²) in [7, 11) is 0. The SMILES string of the molecule is c1csc(CNc2ncnc3scc(-c4cccs4)c23)c1. The molecule has 0 aliphatic carbocycles. The number of rotatable bonds is 4. The van der Waals surface area contributed by atoms with Crippen molar-refractivity contribution in [1.82, 2.24) is 9.97 Å². The normalized spacial score (nSPS) is 11.0. The molecule has 0 bridgehead atoms. The van der Waals surface area contributed by atoms with Gasteiger partial charge in [0, 0.05) is 20.7 Å². The van der Waals surface area contributed by atoms with E-state index >= 15 is 0 Å². The first kappa shape index (κ1) is 12.9. The maximum absolute atomic E-state index is 4.44. The summed E-state index contributed by atoms with van der Waals surface area (Å²) in [5, 5.41) is 10.9. The number of nitrogens with zero attached hydrogens (tertiary/aromatic N) is 2. The van der Waals surface area contributed by atoms with Gasteiger partial charge in [-0.3, -0.25) is 0 Å². The maximum atomic E-state index is 4.44. The molecule has 0 aliphatic heterocycles. The van der Waals surface area contributed by atoms with E-state index in [0.717, 1.165) is 22.6 Å². The lowest BCUT2D eigenvalue weighted by atomic mass is 10.2. The Bertz CT molecular complexity index is 848. The average Bonchev–Trinajstić information content (AvgIpc) is 3.24. The molecular weight excluding hydrogens is 318 g/mol. The summed E-state index contributed by atoms with van der Waals surface area (Å²) in [5.74, 6) is 0.915. The second kappa shape index (κ2) is 5.55. The van der Waals surface area contributed by atoms with Gasteiger partial charge in [0.05, 0.1) is 11.9 Å². The lowest BCUT2D eigenvalue weighted by molar-refractivity contribution is 1.13. The molecule has 4 aromatic rings. The molecule has 4 aromatic heterocycles. The number of anilines is 1. The van der Waals surface area contributed by atoms with E-state index in [1.165, 1.54) is 15.3 Å². The molecule has 0 spiro atoms. The van der Waals surface area contributed by atoms with Crippen LogP contribution in [-0.4, -0.2) is 9.97 Å². The van der Waals surface area contributed by atoms with Gasteiger partial charge in [0.2, 0.25) is 0 Å². The van der Waals surface area contributed by atoms with Crippen LogP contribution in [-0.2, 0) is 6.54 Å². The quantitative estimate of drug-likeness (QED) is 0.566. The summed E-state index contributed by atoms with van der Waals surface area (Å²) in [5.41, 5.74) is 1.22. The van der Waals surface area contributed by atoms with Gasteiger partial charge in [-0.25, -0.2) is 9.97 Å². The largest absolute Gasteiger partial charge is 0.365 e. The van der Waals surface area contributed by atoms with Gasteiger partial charge >= 0.3 is 0 Å². The van der Waals surface area contributed by atoms with Crippen LogP contribution in [0.5, 0.6) is 0 Å². The van der Waals surface area contributed by atoms with Crippen molar-refractivity contribution in [1.29, 1.82) is 0 Å². The standard InChI is InChI=1S/C15H11N3S3/c1-3-10(19-5-1)7-16-14-13-11(12-4-2-6-20-12)8-21-15(13)18-9-17-14/h1-6,8-9H,7H2,(H,16,17,18). The number of fused-ring (bicyclic) bond motifs is 1. The minimum absolute atomic E-state index is 0.795. The van der Waals surface area contributed by atoms with Crippen molar-refractivity contribution in [3.05, 3.63) is 51.6 Å². The van der Waals surface area contributed by atoms with Crippen molar-refractivity contribution in [3.8, 4) is 10.4 Å². The summed E-state index contributed by atoms with van der Waals surface area (Å²) in [6.45, 7) is 0.795. The smallest absolute Gasteiger partial charge is 0.139 e. The fraction of sp³-hybridized carbons (Fsp3) is 0.0667. The Kier molecular flexibility index (Phi) is 3.42. The first-order chi connectivity index (χ1) is 10.4. The van der Waals surface area contributed by atoms with Crippen LogP contribution in [0.3, 0.4) is 0 Å². The van der Waals surface area contributed by atoms with Gasteiger partial charge in [0.25, 0.3) is 0 Å². The predicted molar refractivity (Wildman–Crippen MR) is 92.4 cm³/mol. The van der Waals surface area contributed by atoms with E-state index in [1.54, 1.807) is 40.3 Å². The minimum Gasteiger partial charge on any atom is -0.365 e. The zero-order valence-corrected chi connectivity index (χ0v) is 13.4. The zero-order chi connectivity index (χ0) is 14.1. The minimum atomic E-state index is 0.795. The molecule has 4 heterocycles. The first-order valence-corrected chi connectivity index (χ1v) is 9.08. The van der Waals surface area contributed by atoms with Crippen LogP contribution >= 0.6 is 34.0 Å². The monoisotopic (exact) mass is 329 g/mol. The van der Waals surface area contributed by atoms with Crippen molar-refractivity contribution in [2.75, 3.05) is 5.32 Å². The number of nitrogens with one attached hydrogen (secondary N) is 1. The van der Waals surface area contributed by atoms with E-state index in [9.17, 15) is 0 Å². The molecule has 0 aromatic carbocycles. The van der Waals surface area contributed by atoms with Gasteiger partial charge in [-0.15, -0.1) is 34.0 Å². The molecule has 0 saturated carbocycles. The van der Waals surface area contributed by atoms with Crippen LogP contribution in [0, 0.1) is 0 Å². The fourth-order valence-electron chi connectivity index (χ4n) is 2.21. The number of thiophene rings is 3. The molecule has 104 valence electrons. The van der Waals surface area contributed by atoms with Gasteiger partial charge in [-0.05, 0) is 22.9 Å². The third-order valence-corrected chi connectivity index (χ3v) is 5.83. The molecule has 0 amide bonds. The Hall–Kier alpha value is -1.76. The molecule has 0 saturated heterocycles. The van der Waals surface area contributed by atoms with Crippen molar-refractivity contribution in [3.63, 3.8) is 0 Å². The molecule has 4 rings (SSSR count). The highest BCUT2D eigenvalue weighted by atomic mass is 32.1. The van der Waals surface area contributed by atoms with E-state index in [1.807, 2.05) is 0 Å². The Labute approximate surface area is 134 Å². The fourth-order valence-corrected chi connectivity index (χ4v) is 4.58. The topological polar surface area (TPSA) is 37.8 Å². The lowest BCUT2D eigenvalue weighted by Gasteiger charge is -2.06. The van der Waals surface area contributed by atoms with Gasteiger partial charge in [-0.1, -0.05) is 12.1 Å². The first-order valence-electron chi connectivity index (χ1n) is 6.44. The predicted octanol–water partition coefficient (Wildman–Crippen LogP) is 5.09. The molecule has 6 heteroatoms. The molecule has 3 nitrogen and oxygen atoms in total. The van der Waals surface area contributed by atoms with E-state index in [4.69, 9.17) is 0 Å². The summed E-state index contributed by atoms with van der Waals surface area (Å²) >= 11 is 5.16. The van der Waals surface area contributed by atoms with Gasteiger partial charge in [0.1, 0.15) is 17.0 Å². The van der Waals surface area contributed by atoms with E-state index < -0.39 is 0 Å². The molecule has 21 heavy (non-hydrogen) atoms. The highest BCUT2D eigenvalue weighted by molar-refractivity contribution is 7.18. The molecule has 0 radical (unpaired) electrons. The number of hydrogen-bond acceptors (Lipinski definition) is 6. The van der Waals surface area contributed by atoms with Crippen LogP contribution in [0.2, 0.25) is 0 Å². The van der Waals surface area contributed by atoms with Crippen molar-refractivity contribution in [2.45, 2.75) is 6.54 Å². The molecule has 1 N–H and O–H groups in total. The summed E-state index contributed by atoms with van der Waals surface area (Å²) in [6, 6.07) is 8.41.